The van der Waals surface area contributed by atoms with Gasteiger partial charge in [-0.2, -0.15) is 4.98 Å². The molecule has 13 heavy (non-hydrogen) atoms. The quantitative estimate of drug-likeness (QED) is 0.757. The molecule has 0 unspecified atom stereocenters. The van der Waals surface area contributed by atoms with Crippen molar-refractivity contribution in [3.05, 3.63) is 18.1 Å². The normalized spacial score (nSPS) is 11.4. The first-order chi connectivity index (χ1) is 6.04. The highest BCUT2D eigenvalue weighted by Gasteiger charge is 2.17. The fourth-order valence-electron chi connectivity index (χ4n) is 0.881. The molecule has 0 aliphatic carbocycles. The van der Waals surface area contributed by atoms with Crippen molar-refractivity contribution in [3.63, 3.8) is 0 Å². The largest absolute Gasteiger partial charge is 0.478 e. The molecule has 1 aromatic heterocycles. The summed E-state index contributed by atoms with van der Waals surface area (Å²) in [4.78, 5) is 8.25. The highest BCUT2D eigenvalue weighted by Crippen LogP contribution is 2.14. The number of aromatic nitrogens is 2. The van der Waals surface area contributed by atoms with Gasteiger partial charge >= 0.3 is 0 Å². The Kier molecular flexibility index (Phi) is 2.83. The molecule has 0 atom stereocenters. The molecule has 72 valence electrons. The number of hydrogen-bond acceptors (Lipinski definition) is 4. The van der Waals surface area contributed by atoms with Crippen molar-refractivity contribution in [1.29, 1.82) is 0 Å². The van der Waals surface area contributed by atoms with E-state index in [-0.39, 0.29) is 0 Å². The van der Waals surface area contributed by atoms with Gasteiger partial charge in [0.25, 0.3) is 0 Å². The molecule has 2 N–H and O–H groups in total. The number of rotatable bonds is 3. The van der Waals surface area contributed by atoms with Crippen molar-refractivity contribution >= 4 is 0 Å². The Morgan fingerprint density at radius 3 is 2.77 bits per heavy atom. The Hall–Kier alpha value is -1.16. The molecule has 4 nitrogen and oxygen atoms in total. The first-order valence-electron chi connectivity index (χ1n) is 4.29. The minimum absolute atomic E-state index is 0.521. The molecule has 1 heterocycles. The fourth-order valence-corrected chi connectivity index (χ4v) is 0.881. The van der Waals surface area contributed by atoms with E-state index in [1.807, 2.05) is 20.8 Å². The molecule has 0 spiro atoms. The Morgan fingerprint density at radius 1 is 1.54 bits per heavy atom. The van der Waals surface area contributed by atoms with Crippen LogP contribution in [0, 0.1) is 0 Å². The standard InChI is InChI=1S/C9H15N3O/c1-4-13-7-5-6-11-8(12-7)9(2,3)10/h5-6H,4,10H2,1-3H3. The van der Waals surface area contributed by atoms with Crippen molar-refractivity contribution in [2.75, 3.05) is 6.61 Å². The zero-order chi connectivity index (χ0) is 9.90. The van der Waals surface area contributed by atoms with E-state index in [4.69, 9.17) is 10.5 Å². The first-order valence-corrected chi connectivity index (χ1v) is 4.29. The minimum Gasteiger partial charge on any atom is -0.478 e. The van der Waals surface area contributed by atoms with E-state index in [0.717, 1.165) is 0 Å². The van der Waals surface area contributed by atoms with Gasteiger partial charge in [0.1, 0.15) is 0 Å². The van der Waals surface area contributed by atoms with Gasteiger partial charge in [-0.1, -0.05) is 0 Å². The zero-order valence-electron chi connectivity index (χ0n) is 8.24. The summed E-state index contributed by atoms with van der Waals surface area (Å²) in [6.45, 7) is 6.23. The second kappa shape index (κ2) is 3.70. The van der Waals surface area contributed by atoms with Crippen molar-refractivity contribution in [3.8, 4) is 5.88 Å². The van der Waals surface area contributed by atoms with Crippen LogP contribution < -0.4 is 10.5 Å². The van der Waals surface area contributed by atoms with Crippen molar-refractivity contribution in [2.24, 2.45) is 5.73 Å². The summed E-state index contributed by atoms with van der Waals surface area (Å²) in [5.41, 5.74) is 5.32. The molecule has 0 fully saturated rings. The Bertz CT molecular complexity index is 280. The monoisotopic (exact) mass is 181 g/mol. The average molecular weight is 181 g/mol. The van der Waals surface area contributed by atoms with E-state index in [1.54, 1.807) is 12.3 Å². The maximum atomic E-state index is 5.84. The van der Waals surface area contributed by atoms with Gasteiger partial charge in [0.05, 0.1) is 12.1 Å². The van der Waals surface area contributed by atoms with Gasteiger partial charge in [-0.05, 0) is 20.8 Å². The molecule has 0 aromatic carbocycles. The van der Waals surface area contributed by atoms with Crippen LogP contribution in [0.1, 0.15) is 26.6 Å². The first kappa shape index (κ1) is 9.92. The van der Waals surface area contributed by atoms with Gasteiger partial charge < -0.3 is 10.5 Å². The van der Waals surface area contributed by atoms with Crippen molar-refractivity contribution in [2.45, 2.75) is 26.3 Å². The minimum atomic E-state index is -0.521. The highest BCUT2D eigenvalue weighted by atomic mass is 16.5. The van der Waals surface area contributed by atoms with E-state index in [2.05, 4.69) is 9.97 Å². The summed E-state index contributed by atoms with van der Waals surface area (Å²) >= 11 is 0. The summed E-state index contributed by atoms with van der Waals surface area (Å²) in [5, 5.41) is 0. The van der Waals surface area contributed by atoms with Gasteiger partial charge in [0.2, 0.25) is 5.88 Å². The van der Waals surface area contributed by atoms with Gasteiger partial charge in [0.15, 0.2) is 5.82 Å². The van der Waals surface area contributed by atoms with Crippen LogP contribution in [0.4, 0.5) is 0 Å². The maximum Gasteiger partial charge on any atom is 0.216 e. The maximum absolute atomic E-state index is 5.84. The van der Waals surface area contributed by atoms with Gasteiger partial charge in [-0.15, -0.1) is 0 Å². The molecule has 0 saturated carbocycles. The molecule has 0 saturated heterocycles. The molecular formula is C9H15N3O. The third kappa shape index (κ3) is 2.66. The SMILES string of the molecule is CCOc1ccnc(C(C)(C)N)n1. The molecule has 4 heteroatoms. The van der Waals surface area contributed by atoms with E-state index >= 15 is 0 Å². The molecule has 0 aliphatic heterocycles. The van der Waals surface area contributed by atoms with Crippen LogP contribution in [0.25, 0.3) is 0 Å². The van der Waals surface area contributed by atoms with Gasteiger partial charge in [-0.25, -0.2) is 4.98 Å². The van der Waals surface area contributed by atoms with E-state index < -0.39 is 5.54 Å². The molecular weight excluding hydrogens is 166 g/mol. The lowest BCUT2D eigenvalue weighted by molar-refractivity contribution is 0.321. The zero-order valence-corrected chi connectivity index (χ0v) is 8.24. The van der Waals surface area contributed by atoms with Crippen LogP contribution in [-0.2, 0) is 5.54 Å². The number of nitrogens with two attached hydrogens (primary N) is 1. The highest BCUT2D eigenvalue weighted by molar-refractivity contribution is 5.12. The summed E-state index contributed by atoms with van der Waals surface area (Å²) in [5.74, 6) is 1.17. The van der Waals surface area contributed by atoms with Gasteiger partial charge in [0, 0.05) is 12.3 Å². The topological polar surface area (TPSA) is 61.0 Å². The van der Waals surface area contributed by atoms with E-state index in [9.17, 15) is 0 Å². The second-order valence-electron chi connectivity index (χ2n) is 3.37. The molecule has 0 amide bonds. The van der Waals surface area contributed by atoms with Crippen LogP contribution in [-0.4, -0.2) is 16.6 Å². The lowest BCUT2D eigenvalue weighted by atomic mass is 10.1. The van der Waals surface area contributed by atoms with E-state index in [1.165, 1.54) is 0 Å². The van der Waals surface area contributed by atoms with Crippen molar-refractivity contribution < 1.29 is 4.74 Å². The Labute approximate surface area is 78.1 Å². The molecule has 0 radical (unpaired) electrons. The second-order valence-corrected chi connectivity index (χ2v) is 3.37. The molecule has 0 bridgehead atoms. The van der Waals surface area contributed by atoms with Crippen LogP contribution >= 0.6 is 0 Å². The number of ether oxygens (including phenoxy) is 1. The third-order valence-electron chi connectivity index (χ3n) is 1.50. The van der Waals surface area contributed by atoms with Gasteiger partial charge in [-0.3, -0.25) is 0 Å². The predicted molar refractivity (Wildman–Crippen MR) is 50.4 cm³/mol. The Balaban J connectivity index is 2.92. The molecule has 1 rings (SSSR count). The van der Waals surface area contributed by atoms with Crippen molar-refractivity contribution in [1.82, 2.24) is 9.97 Å². The average Bonchev–Trinajstić information content (AvgIpc) is 2.04. The lowest BCUT2D eigenvalue weighted by Gasteiger charge is -2.16. The summed E-state index contributed by atoms with van der Waals surface area (Å²) in [6.07, 6.45) is 1.65. The smallest absolute Gasteiger partial charge is 0.216 e. The molecule has 1 aromatic rings. The van der Waals surface area contributed by atoms with Crippen LogP contribution in [0.3, 0.4) is 0 Å². The van der Waals surface area contributed by atoms with E-state index in [0.29, 0.717) is 18.3 Å². The molecule has 0 aliphatic rings. The fraction of sp³-hybridized carbons (Fsp3) is 0.556. The van der Waals surface area contributed by atoms with Crippen LogP contribution in [0.15, 0.2) is 12.3 Å². The third-order valence-corrected chi connectivity index (χ3v) is 1.50. The van der Waals surface area contributed by atoms with Crippen LogP contribution in [0.5, 0.6) is 5.88 Å². The number of hydrogen-bond donors (Lipinski definition) is 1. The lowest BCUT2D eigenvalue weighted by Crippen LogP contribution is -2.31. The summed E-state index contributed by atoms with van der Waals surface area (Å²) in [7, 11) is 0. The number of nitrogens with zero attached hydrogens (tertiary/aromatic N) is 2. The van der Waals surface area contributed by atoms with Crippen LogP contribution in [0.2, 0.25) is 0 Å². The predicted octanol–water partition coefficient (Wildman–Crippen LogP) is 1.07. The summed E-state index contributed by atoms with van der Waals surface area (Å²) in [6, 6.07) is 1.72. The Morgan fingerprint density at radius 2 is 2.23 bits per heavy atom. The summed E-state index contributed by atoms with van der Waals surface area (Å²) < 4.78 is 5.24.